The Morgan fingerprint density at radius 2 is 1.41 bits per heavy atom. The average molecular weight is 577 g/mol. The van der Waals surface area contributed by atoms with E-state index in [1.54, 1.807) is 0 Å². The molecule has 0 saturated carbocycles. The van der Waals surface area contributed by atoms with Gasteiger partial charge in [-0.15, -0.1) is 0 Å². The third-order valence-corrected chi connectivity index (χ3v) is 9.07. The molecular formula is C30H42NO10+. The van der Waals surface area contributed by atoms with Gasteiger partial charge in [0.2, 0.25) is 0 Å². The fourth-order valence-electron chi connectivity index (χ4n) is 7.93. The normalized spacial score (nSPS) is 46.5. The third-order valence-electron chi connectivity index (χ3n) is 9.07. The number of hydroxylamine groups is 3. The molecule has 0 bridgehead atoms. The van der Waals surface area contributed by atoms with Crippen molar-refractivity contribution >= 4 is 5.97 Å². The average Bonchev–Trinajstić information content (AvgIpc) is 3.59. The van der Waals surface area contributed by atoms with Crippen LogP contribution in [0.3, 0.4) is 0 Å². The summed E-state index contributed by atoms with van der Waals surface area (Å²) in [5.41, 5.74) is 1.13. The fraction of sp³-hybridized carbons (Fsp3) is 0.767. The lowest BCUT2D eigenvalue weighted by molar-refractivity contribution is -1.12. The smallest absolute Gasteiger partial charge is 0.302 e. The van der Waals surface area contributed by atoms with Crippen molar-refractivity contribution in [2.45, 2.75) is 127 Å². The topological polar surface area (TPSA) is 100 Å². The molecule has 0 N–H and O–H groups in total. The molecule has 11 atom stereocenters. The molecule has 226 valence electrons. The molecule has 1 aromatic rings. The van der Waals surface area contributed by atoms with E-state index in [4.69, 9.17) is 42.7 Å². The minimum absolute atomic E-state index is 0.144. The molecule has 6 aliphatic rings. The number of quaternary nitrogens is 1. The molecule has 0 aliphatic carbocycles. The number of carbonyl (C=O) groups excluding carboxylic acids is 1. The van der Waals surface area contributed by atoms with Crippen LogP contribution in [0.4, 0.5) is 0 Å². The van der Waals surface area contributed by atoms with Crippen LogP contribution in [0.1, 0.15) is 54.0 Å². The first-order chi connectivity index (χ1) is 19.2. The molecule has 6 heterocycles. The Morgan fingerprint density at radius 3 is 2.12 bits per heavy atom. The maximum atomic E-state index is 12.1. The zero-order valence-electron chi connectivity index (χ0n) is 24.8. The summed E-state index contributed by atoms with van der Waals surface area (Å²) in [7, 11) is 0. The van der Waals surface area contributed by atoms with Gasteiger partial charge in [0.1, 0.15) is 56.3 Å². The number of hydrogen-bond donors (Lipinski definition) is 0. The molecule has 6 saturated heterocycles. The van der Waals surface area contributed by atoms with Gasteiger partial charge in [-0.3, -0.25) is 4.79 Å². The lowest BCUT2D eigenvalue weighted by atomic mass is 9.84. The van der Waals surface area contributed by atoms with Crippen molar-refractivity contribution < 1.29 is 52.2 Å². The minimum Gasteiger partial charge on any atom is -0.465 e. The highest BCUT2D eigenvalue weighted by atomic mass is 16.9. The van der Waals surface area contributed by atoms with Crippen LogP contribution >= 0.6 is 0 Å². The van der Waals surface area contributed by atoms with E-state index in [-0.39, 0.29) is 41.4 Å². The maximum absolute atomic E-state index is 12.1. The van der Waals surface area contributed by atoms with E-state index < -0.39 is 54.2 Å². The number of hydrogen-bond acceptors (Lipinski definition) is 10. The number of rotatable bonds is 5. The van der Waals surface area contributed by atoms with Crippen molar-refractivity contribution in [1.29, 1.82) is 0 Å². The van der Waals surface area contributed by atoms with Crippen LogP contribution in [-0.4, -0.2) is 96.2 Å². The highest BCUT2D eigenvalue weighted by molar-refractivity contribution is 5.65. The van der Waals surface area contributed by atoms with Gasteiger partial charge in [-0.05, 0) is 41.5 Å². The van der Waals surface area contributed by atoms with Gasteiger partial charge >= 0.3 is 5.97 Å². The molecule has 1 aromatic carbocycles. The highest BCUT2D eigenvalue weighted by Crippen LogP contribution is 2.54. The first-order valence-corrected chi connectivity index (χ1v) is 14.7. The predicted octanol–water partition coefficient (Wildman–Crippen LogP) is 2.80. The van der Waals surface area contributed by atoms with Gasteiger partial charge in [0.25, 0.3) is 0 Å². The molecule has 0 amide bonds. The zero-order valence-corrected chi connectivity index (χ0v) is 24.8. The fourth-order valence-corrected chi connectivity index (χ4v) is 7.93. The standard InChI is InChI=1S/C30H42NO10/c1-16(32)33-15-18-20-22-19(35-28(2,3)36-22)14-31(20,13-17-11-9-8-10-12-17)41-21(18)23-24-25(38-29(4,5)37-24)26-27(34-23)40-30(6,7)39-26/h8-12,18-27H,13-15H2,1-7H3/q+1/t18-,19+,20-,21+,22+,23-,24+,25+,26-,27-,31?/m1/s1. The molecule has 0 spiro atoms. The Labute approximate surface area is 240 Å². The number of carbonyl (C=O) groups is 1. The van der Waals surface area contributed by atoms with E-state index in [2.05, 4.69) is 12.1 Å². The molecule has 6 fully saturated rings. The van der Waals surface area contributed by atoms with Gasteiger partial charge in [-0.1, -0.05) is 30.3 Å². The van der Waals surface area contributed by atoms with E-state index in [1.165, 1.54) is 6.92 Å². The van der Waals surface area contributed by atoms with Gasteiger partial charge in [0.05, 0.1) is 5.92 Å². The Kier molecular flexibility index (Phi) is 6.46. The first-order valence-electron chi connectivity index (χ1n) is 14.7. The van der Waals surface area contributed by atoms with E-state index in [9.17, 15) is 4.79 Å². The summed E-state index contributed by atoms with van der Waals surface area (Å²) in [6.07, 6.45) is -3.55. The summed E-state index contributed by atoms with van der Waals surface area (Å²) < 4.78 is 50.9. The lowest BCUT2D eigenvalue weighted by Gasteiger charge is -2.40. The van der Waals surface area contributed by atoms with Crippen LogP contribution in [0.2, 0.25) is 0 Å². The summed E-state index contributed by atoms with van der Waals surface area (Å²) in [4.78, 5) is 19.3. The molecule has 11 heteroatoms. The van der Waals surface area contributed by atoms with Crippen LogP contribution in [-0.2, 0) is 54.1 Å². The quantitative estimate of drug-likeness (QED) is 0.384. The van der Waals surface area contributed by atoms with Crippen molar-refractivity contribution in [2.24, 2.45) is 5.92 Å². The van der Waals surface area contributed by atoms with Gasteiger partial charge in [-0.2, -0.15) is 9.48 Å². The van der Waals surface area contributed by atoms with Crippen LogP contribution in [0.5, 0.6) is 0 Å². The van der Waals surface area contributed by atoms with Crippen molar-refractivity contribution in [3.63, 3.8) is 0 Å². The zero-order chi connectivity index (χ0) is 28.9. The van der Waals surface area contributed by atoms with Gasteiger partial charge in [0, 0.05) is 12.5 Å². The van der Waals surface area contributed by atoms with Crippen molar-refractivity contribution in [2.75, 3.05) is 13.2 Å². The number of nitrogens with zero attached hydrogens (tertiary/aromatic N) is 1. The van der Waals surface area contributed by atoms with Gasteiger partial charge in [-0.25, -0.2) is 0 Å². The Morgan fingerprint density at radius 1 is 0.805 bits per heavy atom. The predicted molar refractivity (Wildman–Crippen MR) is 140 cm³/mol. The summed E-state index contributed by atoms with van der Waals surface area (Å²) in [5.74, 6) is -3.05. The Balaban J connectivity index is 1.28. The minimum atomic E-state index is -0.851. The SMILES string of the molecule is CC(=O)OC[C@H]1[C@@H]([C@H]2O[C@@H]3OC(C)(C)O[C@@H]3[C@H]3OC(C)(C)O[C@H]32)O[N+]2(Cc3ccccc3)C[C@@H]3OC(C)(C)O[C@@H]3[C@@H]12. The van der Waals surface area contributed by atoms with Gasteiger partial charge in [0.15, 0.2) is 35.8 Å². The first kappa shape index (κ1) is 28.1. The van der Waals surface area contributed by atoms with Crippen molar-refractivity contribution in [1.82, 2.24) is 0 Å². The second-order valence-corrected chi connectivity index (χ2v) is 13.6. The Hall–Kier alpha value is -1.67. The number of fused-ring (bicyclic) bond motifs is 6. The maximum Gasteiger partial charge on any atom is 0.302 e. The van der Waals surface area contributed by atoms with Crippen LogP contribution in [0.25, 0.3) is 0 Å². The Bertz CT molecular complexity index is 1180. The molecule has 0 aromatic heterocycles. The largest absolute Gasteiger partial charge is 0.465 e. The van der Waals surface area contributed by atoms with Crippen LogP contribution < -0.4 is 0 Å². The summed E-state index contributed by atoms with van der Waals surface area (Å²) in [6.45, 7) is 14.1. The molecule has 0 radical (unpaired) electrons. The van der Waals surface area contributed by atoms with Crippen LogP contribution in [0.15, 0.2) is 30.3 Å². The number of ether oxygens (including phenoxy) is 8. The second-order valence-electron chi connectivity index (χ2n) is 13.6. The number of benzene rings is 1. The number of esters is 1. The molecule has 41 heavy (non-hydrogen) atoms. The molecule has 11 nitrogen and oxygen atoms in total. The van der Waals surface area contributed by atoms with E-state index in [0.29, 0.717) is 13.1 Å². The van der Waals surface area contributed by atoms with E-state index >= 15 is 0 Å². The lowest BCUT2D eigenvalue weighted by Crippen LogP contribution is -2.60. The molecule has 1 unspecified atom stereocenters. The molecule has 6 aliphatic heterocycles. The summed E-state index contributed by atoms with van der Waals surface area (Å²) in [5, 5.41) is 0. The molecular weight excluding hydrogens is 534 g/mol. The van der Waals surface area contributed by atoms with Crippen molar-refractivity contribution in [3.05, 3.63) is 35.9 Å². The summed E-state index contributed by atoms with van der Waals surface area (Å²) >= 11 is 0. The summed E-state index contributed by atoms with van der Waals surface area (Å²) in [6, 6.07) is 10.1. The van der Waals surface area contributed by atoms with Gasteiger partial charge < -0.3 is 37.9 Å². The highest BCUT2D eigenvalue weighted by Gasteiger charge is 2.74. The second kappa shape index (κ2) is 9.41. The van der Waals surface area contributed by atoms with Crippen molar-refractivity contribution in [3.8, 4) is 0 Å². The third kappa shape index (κ3) is 4.83. The van der Waals surface area contributed by atoms with E-state index in [0.717, 1.165) is 5.56 Å². The molecule has 7 rings (SSSR count). The van der Waals surface area contributed by atoms with Crippen LogP contribution in [0, 0.1) is 5.92 Å². The monoisotopic (exact) mass is 576 g/mol. The van der Waals surface area contributed by atoms with E-state index in [1.807, 2.05) is 59.7 Å².